The lowest BCUT2D eigenvalue weighted by Crippen LogP contribution is -2.25. The van der Waals surface area contributed by atoms with Gasteiger partial charge in [-0.2, -0.15) is 0 Å². The molecule has 0 unspecified atom stereocenters. The van der Waals surface area contributed by atoms with Crippen molar-refractivity contribution in [2.75, 3.05) is 13.6 Å². The van der Waals surface area contributed by atoms with E-state index in [0.29, 0.717) is 18.1 Å². The highest BCUT2D eigenvalue weighted by Gasteiger charge is 2.15. The molecule has 0 amide bonds. The van der Waals surface area contributed by atoms with E-state index >= 15 is 0 Å². The summed E-state index contributed by atoms with van der Waals surface area (Å²) in [6, 6.07) is 9.53. The maximum absolute atomic E-state index is 12.2. The Labute approximate surface area is 144 Å². The van der Waals surface area contributed by atoms with Crippen LogP contribution < -0.4 is 0 Å². The van der Waals surface area contributed by atoms with Crippen LogP contribution in [0.4, 0.5) is 0 Å². The van der Waals surface area contributed by atoms with E-state index in [1.807, 2.05) is 42.3 Å². The molecule has 0 aliphatic heterocycles. The standard InChI is InChI=1S/C14H12Br2ClNOS/c1-18(7-9-3-2-4-10(17)5-9)8-12(19)11-6-13(15)20-14(11)16/h2-6H,7-8H2,1H3. The van der Waals surface area contributed by atoms with E-state index in [-0.39, 0.29) is 5.78 Å². The van der Waals surface area contributed by atoms with Crippen LogP contribution in [0.5, 0.6) is 0 Å². The van der Waals surface area contributed by atoms with E-state index in [1.54, 1.807) is 0 Å². The van der Waals surface area contributed by atoms with Crippen molar-refractivity contribution in [3.63, 3.8) is 0 Å². The lowest BCUT2D eigenvalue weighted by molar-refractivity contribution is 0.0943. The molecule has 2 rings (SSSR count). The predicted octanol–water partition coefficient (Wildman–Crippen LogP) is 5.24. The first-order chi connectivity index (χ1) is 9.45. The fourth-order valence-electron chi connectivity index (χ4n) is 1.86. The Balaban J connectivity index is 1.99. The van der Waals surface area contributed by atoms with Gasteiger partial charge in [-0.3, -0.25) is 9.69 Å². The molecule has 20 heavy (non-hydrogen) atoms. The monoisotopic (exact) mass is 435 g/mol. The molecule has 2 aromatic rings. The number of rotatable bonds is 5. The number of carbonyl (C=O) groups is 1. The van der Waals surface area contributed by atoms with Gasteiger partial charge in [-0.15, -0.1) is 11.3 Å². The van der Waals surface area contributed by atoms with Crippen molar-refractivity contribution in [1.82, 2.24) is 4.90 Å². The van der Waals surface area contributed by atoms with E-state index in [9.17, 15) is 4.79 Å². The summed E-state index contributed by atoms with van der Waals surface area (Å²) in [6.07, 6.45) is 0. The second kappa shape index (κ2) is 7.18. The van der Waals surface area contributed by atoms with Crippen LogP contribution in [0, 0.1) is 0 Å². The van der Waals surface area contributed by atoms with Crippen molar-refractivity contribution in [1.29, 1.82) is 0 Å². The lowest BCUT2D eigenvalue weighted by Gasteiger charge is -2.15. The van der Waals surface area contributed by atoms with Crippen molar-refractivity contribution in [2.24, 2.45) is 0 Å². The summed E-state index contributed by atoms with van der Waals surface area (Å²) in [7, 11) is 1.92. The van der Waals surface area contributed by atoms with E-state index in [1.165, 1.54) is 11.3 Å². The SMILES string of the molecule is CN(CC(=O)c1cc(Br)sc1Br)Cc1cccc(Cl)c1. The van der Waals surface area contributed by atoms with Crippen LogP contribution in [0.15, 0.2) is 37.9 Å². The Kier molecular flexibility index (Phi) is 5.81. The number of benzene rings is 1. The zero-order valence-corrected chi connectivity index (χ0v) is 15.4. The number of Topliss-reactive ketones (excluding diaryl/α,β-unsaturated/α-hetero) is 1. The molecule has 1 aromatic carbocycles. The molecule has 2 nitrogen and oxygen atoms in total. The minimum atomic E-state index is 0.100. The van der Waals surface area contributed by atoms with E-state index in [0.717, 1.165) is 18.7 Å². The number of ketones is 1. The van der Waals surface area contributed by atoms with E-state index in [4.69, 9.17) is 11.6 Å². The topological polar surface area (TPSA) is 20.3 Å². The van der Waals surface area contributed by atoms with Gasteiger partial charge in [-0.05, 0) is 62.7 Å². The van der Waals surface area contributed by atoms with Gasteiger partial charge in [0.2, 0.25) is 0 Å². The summed E-state index contributed by atoms with van der Waals surface area (Å²) in [6.45, 7) is 1.06. The number of carbonyl (C=O) groups excluding carboxylic acids is 1. The number of thiophene rings is 1. The highest BCUT2D eigenvalue weighted by molar-refractivity contribution is 9.12. The Morgan fingerprint density at radius 3 is 2.70 bits per heavy atom. The van der Waals surface area contributed by atoms with Crippen LogP contribution in [-0.2, 0) is 6.54 Å². The van der Waals surface area contributed by atoms with Crippen molar-refractivity contribution >= 4 is 60.6 Å². The summed E-state index contributed by atoms with van der Waals surface area (Å²) in [5.74, 6) is 0.100. The molecule has 0 saturated heterocycles. The smallest absolute Gasteiger partial charge is 0.178 e. The van der Waals surface area contributed by atoms with Crippen molar-refractivity contribution in [3.05, 3.63) is 54.1 Å². The third kappa shape index (κ3) is 4.40. The van der Waals surface area contributed by atoms with Gasteiger partial charge in [0, 0.05) is 17.1 Å². The third-order valence-electron chi connectivity index (χ3n) is 2.71. The average molecular weight is 438 g/mol. The molecule has 0 saturated carbocycles. The van der Waals surface area contributed by atoms with Crippen molar-refractivity contribution < 1.29 is 4.79 Å². The van der Waals surface area contributed by atoms with Gasteiger partial charge in [-0.1, -0.05) is 23.7 Å². The lowest BCUT2D eigenvalue weighted by atomic mass is 10.2. The highest BCUT2D eigenvalue weighted by atomic mass is 79.9. The van der Waals surface area contributed by atoms with Crippen LogP contribution in [-0.4, -0.2) is 24.3 Å². The first-order valence-corrected chi connectivity index (χ1v) is 8.65. The summed E-state index contributed by atoms with van der Waals surface area (Å²) < 4.78 is 1.82. The molecular weight excluding hydrogens is 425 g/mol. The highest BCUT2D eigenvalue weighted by Crippen LogP contribution is 2.32. The number of likely N-dealkylation sites (N-methyl/N-ethyl adjacent to an activating group) is 1. The van der Waals surface area contributed by atoms with Crippen molar-refractivity contribution in [3.8, 4) is 0 Å². The molecule has 0 atom stereocenters. The zero-order valence-electron chi connectivity index (χ0n) is 10.7. The molecular formula is C14H12Br2ClNOS. The second-order valence-electron chi connectivity index (χ2n) is 4.46. The molecule has 1 aromatic heterocycles. The molecule has 106 valence electrons. The molecule has 1 heterocycles. The van der Waals surface area contributed by atoms with Crippen LogP contribution in [0.3, 0.4) is 0 Å². The Bertz CT molecular complexity index is 629. The van der Waals surface area contributed by atoms with Gasteiger partial charge < -0.3 is 0 Å². The molecule has 0 fully saturated rings. The molecule has 0 N–H and O–H groups in total. The first-order valence-electron chi connectivity index (χ1n) is 5.86. The maximum Gasteiger partial charge on any atom is 0.178 e. The molecule has 6 heteroatoms. The summed E-state index contributed by atoms with van der Waals surface area (Å²) >= 11 is 14.3. The van der Waals surface area contributed by atoms with Gasteiger partial charge in [0.05, 0.1) is 14.1 Å². The quantitative estimate of drug-likeness (QED) is 0.596. The van der Waals surface area contributed by atoms with Crippen LogP contribution in [0.2, 0.25) is 5.02 Å². The predicted molar refractivity (Wildman–Crippen MR) is 91.8 cm³/mol. The van der Waals surface area contributed by atoms with Crippen molar-refractivity contribution in [2.45, 2.75) is 6.54 Å². The van der Waals surface area contributed by atoms with Crippen LogP contribution >= 0.6 is 54.8 Å². The zero-order chi connectivity index (χ0) is 14.7. The molecule has 0 radical (unpaired) electrons. The molecule has 0 aliphatic carbocycles. The number of nitrogens with zero attached hydrogens (tertiary/aromatic N) is 1. The maximum atomic E-state index is 12.2. The fourth-order valence-corrected chi connectivity index (χ4v) is 4.93. The van der Waals surface area contributed by atoms with Crippen LogP contribution in [0.25, 0.3) is 0 Å². The molecule has 0 spiro atoms. The number of hydrogen-bond donors (Lipinski definition) is 0. The number of halogens is 3. The van der Waals surface area contributed by atoms with Crippen LogP contribution in [0.1, 0.15) is 15.9 Å². The summed E-state index contributed by atoms with van der Waals surface area (Å²) in [5.41, 5.74) is 1.82. The van der Waals surface area contributed by atoms with Gasteiger partial charge in [-0.25, -0.2) is 0 Å². The second-order valence-corrected chi connectivity index (χ2v) is 8.65. The fraction of sp³-hybridized carbons (Fsp3) is 0.214. The van der Waals surface area contributed by atoms with Gasteiger partial charge in [0.1, 0.15) is 0 Å². The largest absolute Gasteiger partial charge is 0.295 e. The first kappa shape index (κ1) is 16.2. The minimum Gasteiger partial charge on any atom is -0.295 e. The normalized spacial score (nSPS) is 11.1. The van der Waals surface area contributed by atoms with E-state index in [2.05, 4.69) is 31.9 Å². The average Bonchev–Trinajstić information content (AvgIpc) is 2.68. The third-order valence-corrected chi connectivity index (χ3v) is 5.29. The molecule has 0 aliphatic rings. The Morgan fingerprint density at radius 1 is 1.35 bits per heavy atom. The summed E-state index contributed by atoms with van der Waals surface area (Å²) in [4.78, 5) is 14.2. The molecule has 0 bridgehead atoms. The Hall–Kier alpha value is -0.200. The van der Waals surface area contributed by atoms with Gasteiger partial charge in [0.25, 0.3) is 0 Å². The van der Waals surface area contributed by atoms with E-state index < -0.39 is 0 Å². The Morgan fingerprint density at radius 2 is 2.10 bits per heavy atom. The number of hydrogen-bond acceptors (Lipinski definition) is 3. The van der Waals surface area contributed by atoms with Gasteiger partial charge >= 0.3 is 0 Å². The van der Waals surface area contributed by atoms with Gasteiger partial charge in [0.15, 0.2) is 5.78 Å². The summed E-state index contributed by atoms with van der Waals surface area (Å²) in [5, 5.41) is 0.715. The minimum absolute atomic E-state index is 0.100.